The zero-order valence-electron chi connectivity index (χ0n) is 12.6. The number of hydrogen-bond donors (Lipinski definition) is 3. The predicted octanol–water partition coefficient (Wildman–Crippen LogP) is 0.817. The summed E-state index contributed by atoms with van der Waals surface area (Å²) in [6, 6.07) is -0.724. The average Bonchev–Trinajstić information content (AvgIpc) is 2.87. The summed E-state index contributed by atoms with van der Waals surface area (Å²) >= 11 is 0. The topological polar surface area (TPSA) is 110 Å². The number of amides is 1. The van der Waals surface area contributed by atoms with Crippen molar-refractivity contribution in [2.45, 2.75) is 38.6 Å². The second kappa shape index (κ2) is 8.41. The molecule has 1 heterocycles. The Bertz CT molecular complexity index is 473. The molecule has 2 atom stereocenters. The van der Waals surface area contributed by atoms with Crippen molar-refractivity contribution in [1.82, 2.24) is 15.1 Å². The van der Waals surface area contributed by atoms with Crippen molar-refractivity contribution in [2.24, 2.45) is 18.7 Å². The van der Waals surface area contributed by atoms with Crippen LogP contribution in [0, 0.1) is 5.92 Å². The molecular formula is C14H24N4O3. The number of aliphatic carboxylic acids is 1. The predicted molar refractivity (Wildman–Crippen MR) is 78.4 cm³/mol. The standard InChI is InChI=1S/C14H24N4O3/c1-3-10(4-5-12(19)20)6-7-16-14(21)13(15)11-8-17-18(2)9-11/h8-10,13H,3-7,15H2,1-2H3,(H,16,21)(H,19,20). The Hall–Kier alpha value is -1.89. The molecule has 0 fully saturated rings. The van der Waals surface area contributed by atoms with Crippen molar-refractivity contribution in [2.75, 3.05) is 6.54 Å². The number of aromatic nitrogens is 2. The molecule has 7 heteroatoms. The van der Waals surface area contributed by atoms with Crippen LogP contribution in [0.2, 0.25) is 0 Å². The summed E-state index contributed by atoms with van der Waals surface area (Å²) in [5.41, 5.74) is 6.53. The highest BCUT2D eigenvalue weighted by Crippen LogP contribution is 2.15. The number of carboxylic acid groups (broad SMARTS) is 1. The largest absolute Gasteiger partial charge is 0.481 e. The van der Waals surface area contributed by atoms with Crippen LogP contribution in [-0.4, -0.2) is 33.3 Å². The maximum atomic E-state index is 11.9. The first kappa shape index (κ1) is 17.2. The molecule has 1 aromatic rings. The molecule has 0 radical (unpaired) electrons. The summed E-state index contributed by atoms with van der Waals surface area (Å²) in [4.78, 5) is 22.5. The van der Waals surface area contributed by atoms with Gasteiger partial charge in [-0.25, -0.2) is 0 Å². The molecule has 21 heavy (non-hydrogen) atoms. The van der Waals surface area contributed by atoms with E-state index in [1.54, 1.807) is 24.1 Å². The summed E-state index contributed by atoms with van der Waals surface area (Å²) in [6.07, 6.45) is 5.75. The molecule has 4 N–H and O–H groups in total. The number of nitrogens with one attached hydrogen (secondary N) is 1. The van der Waals surface area contributed by atoms with Crippen LogP contribution in [0.3, 0.4) is 0 Å². The van der Waals surface area contributed by atoms with E-state index in [1.807, 2.05) is 6.92 Å². The van der Waals surface area contributed by atoms with Crippen LogP contribution in [0.4, 0.5) is 0 Å². The average molecular weight is 296 g/mol. The Morgan fingerprint density at radius 2 is 2.19 bits per heavy atom. The van der Waals surface area contributed by atoms with E-state index in [0.29, 0.717) is 24.4 Å². The van der Waals surface area contributed by atoms with Gasteiger partial charge in [-0.3, -0.25) is 14.3 Å². The first-order chi connectivity index (χ1) is 9.93. The highest BCUT2D eigenvalue weighted by Gasteiger charge is 2.17. The maximum absolute atomic E-state index is 11.9. The number of nitrogens with two attached hydrogens (primary N) is 1. The summed E-state index contributed by atoms with van der Waals surface area (Å²) in [5, 5.41) is 15.5. The van der Waals surface area contributed by atoms with Gasteiger partial charge in [-0.2, -0.15) is 5.10 Å². The normalized spacial score (nSPS) is 13.7. The van der Waals surface area contributed by atoms with Crippen molar-refractivity contribution in [3.05, 3.63) is 18.0 Å². The van der Waals surface area contributed by atoms with Crippen LogP contribution in [0.5, 0.6) is 0 Å². The first-order valence-electron chi connectivity index (χ1n) is 7.17. The van der Waals surface area contributed by atoms with Gasteiger partial charge in [0, 0.05) is 31.8 Å². The summed E-state index contributed by atoms with van der Waals surface area (Å²) in [5.74, 6) is -0.719. The molecule has 0 saturated carbocycles. The molecule has 1 aromatic heterocycles. The van der Waals surface area contributed by atoms with Gasteiger partial charge in [0.05, 0.1) is 6.20 Å². The minimum Gasteiger partial charge on any atom is -0.481 e. The van der Waals surface area contributed by atoms with Gasteiger partial charge in [-0.15, -0.1) is 0 Å². The quantitative estimate of drug-likeness (QED) is 0.625. The van der Waals surface area contributed by atoms with E-state index in [2.05, 4.69) is 10.4 Å². The van der Waals surface area contributed by atoms with E-state index in [-0.39, 0.29) is 12.3 Å². The van der Waals surface area contributed by atoms with Crippen molar-refractivity contribution in [1.29, 1.82) is 0 Å². The molecule has 0 bridgehead atoms. The van der Waals surface area contributed by atoms with Crippen molar-refractivity contribution >= 4 is 11.9 Å². The second-order valence-corrected chi connectivity index (χ2v) is 5.21. The summed E-state index contributed by atoms with van der Waals surface area (Å²) in [6.45, 7) is 2.53. The minimum absolute atomic E-state index is 0.168. The summed E-state index contributed by atoms with van der Waals surface area (Å²) in [7, 11) is 1.77. The third kappa shape index (κ3) is 5.95. The zero-order chi connectivity index (χ0) is 15.8. The molecule has 0 aromatic carbocycles. The maximum Gasteiger partial charge on any atom is 0.303 e. The number of carbonyl (C=O) groups excluding carboxylic acids is 1. The van der Waals surface area contributed by atoms with Crippen LogP contribution in [0.15, 0.2) is 12.4 Å². The third-order valence-corrected chi connectivity index (χ3v) is 3.56. The Morgan fingerprint density at radius 3 is 2.71 bits per heavy atom. The fourth-order valence-corrected chi connectivity index (χ4v) is 2.14. The third-order valence-electron chi connectivity index (χ3n) is 3.56. The molecule has 0 spiro atoms. The number of nitrogens with zero attached hydrogens (tertiary/aromatic N) is 2. The minimum atomic E-state index is -0.781. The lowest BCUT2D eigenvalue weighted by Crippen LogP contribution is -2.35. The highest BCUT2D eigenvalue weighted by atomic mass is 16.4. The van der Waals surface area contributed by atoms with Crippen LogP contribution in [0.25, 0.3) is 0 Å². The van der Waals surface area contributed by atoms with E-state index in [9.17, 15) is 9.59 Å². The Kier molecular flexibility index (Phi) is 6.87. The lowest BCUT2D eigenvalue weighted by Gasteiger charge is -2.15. The monoisotopic (exact) mass is 296 g/mol. The lowest BCUT2D eigenvalue weighted by molar-refractivity contribution is -0.137. The van der Waals surface area contributed by atoms with Gasteiger partial charge in [0.25, 0.3) is 0 Å². The number of carboxylic acids is 1. The highest BCUT2D eigenvalue weighted by molar-refractivity contribution is 5.82. The molecule has 0 aliphatic carbocycles. The zero-order valence-corrected chi connectivity index (χ0v) is 12.6. The van der Waals surface area contributed by atoms with E-state index in [0.717, 1.165) is 12.8 Å². The van der Waals surface area contributed by atoms with Crippen LogP contribution in [-0.2, 0) is 16.6 Å². The molecule has 1 rings (SSSR count). The van der Waals surface area contributed by atoms with Crippen LogP contribution in [0.1, 0.15) is 44.2 Å². The molecule has 0 aliphatic heterocycles. The molecule has 1 amide bonds. The van der Waals surface area contributed by atoms with Gasteiger partial charge in [-0.05, 0) is 18.8 Å². The second-order valence-electron chi connectivity index (χ2n) is 5.21. The van der Waals surface area contributed by atoms with E-state index >= 15 is 0 Å². The molecule has 7 nitrogen and oxygen atoms in total. The van der Waals surface area contributed by atoms with Gasteiger partial charge < -0.3 is 16.2 Å². The van der Waals surface area contributed by atoms with E-state index in [4.69, 9.17) is 10.8 Å². The van der Waals surface area contributed by atoms with Gasteiger partial charge in [0.15, 0.2) is 0 Å². The Morgan fingerprint density at radius 1 is 1.48 bits per heavy atom. The number of carbonyl (C=O) groups is 2. The van der Waals surface area contributed by atoms with Crippen molar-refractivity contribution < 1.29 is 14.7 Å². The Labute approximate surface area is 124 Å². The fourth-order valence-electron chi connectivity index (χ4n) is 2.14. The number of aryl methyl sites for hydroxylation is 1. The van der Waals surface area contributed by atoms with E-state index in [1.165, 1.54) is 0 Å². The van der Waals surface area contributed by atoms with Crippen LogP contribution >= 0.6 is 0 Å². The van der Waals surface area contributed by atoms with Crippen molar-refractivity contribution in [3.8, 4) is 0 Å². The summed E-state index contributed by atoms with van der Waals surface area (Å²) < 4.78 is 1.60. The number of hydrogen-bond acceptors (Lipinski definition) is 4. The lowest BCUT2D eigenvalue weighted by atomic mass is 9.96. The van der Waals surface area contributed by atoms with Gasteiger partial charge >= 0.3 is 5.97 Å². The van der Waals surface area contributed by atoms with Gasteiger partial charge in [0.2, 0.25) is 5.91 Å². The SMILES string of the molecule is CCC(CCNC(=O)C(N)c1cnn(C)c1)CCC(=O)O. The number of rotatable bonds is 9. The van der Waals surface area contributed by atoms with Gasteiger partial charge in [0.1, 0.15) is 6.04 Å². The van der Waals surface area contributed by atoms with Crippen molar-refractivity contribution in [3.63, 3.8) is 0 Å². The Balaban J connectivity index is 2.33. The first-order valence-corrected chi connectivity index (χ1v) is 7.17. The molecule has 2 unspecified atom stereocenters. The van der Waals surface area contributed by atoms with Crippen LogP contribution < -0.4 is 11.1 Å². The van der Waals surface area contributed by atoms with Gasteiger partial charge in [-0.1, -0.05) is 13.3 Å². The molecule has 0 aliphatic rings. The van der Waals surface area contributed by atoms with E-state index < -0.39 is 12.0 Å². The fraction of sp³-hybridized carbons (Fsp3) is 0.643. The molecular weight excluding hydrogens is 272 g/mol. The molecule has 0 saturated heterocycles. The molecule has 118 valence electrons. The smallest absolute Gasteiger partial charge is 0.303 e.